The summed E-state index contributed by atoms with van der Waals surface area (Å²) in [7, 11) is 2.11. The van der Waals surface area contributed by atoms with Crippen LogP contribution in [-0.2, 0) is 13.0 Å². The number of carbonyl (C=O) groups is 1. The third kappa shape index (κ3) is 4.28. The molecule has 0 radical (unpaired) electrons. The van der Waals surface area contributed by atoms with E-state index in [2.05, 4.69) is 27.1 Å². The molecule has 1 atom stereocenters. The van der Waals surface area contributed by atoms with E-state index in [0.717, 1.165) is 57.6 Å². The fraction of sp³-hybridized carbons (Fsp3) is 0.750. The van der Waals surface area contributed by atoms with Crippen molar-refractivity contribution in [2.24, 2.45) is 0 Å². The summed E-state index contributed by atoms with van der Waals surface area (Å²) >= 11 is 1.52. The minimum absolute atomic E-state index is 0.0715. The van der Waals surface area contributed by atoms with E-state index in [0.29, 0.717) is 11.6 Å². The Morgan fingerprint density at radius 3 is 3.13 bits per heavy atom. The maximum absolute atomic E-state index is 12.5. The number of hydrogen-bond acceptors (Lipinski definition) is 5. The lowest BCUT2D eigenvalue weighted by molar-refractivity contribution is 0.0900. The Bertz CT molecular complexity index is 548. The second kappa shape index (κ2) is 7.68. The van der Waals surface area contributed by atoms with Gasteiger partial charge in [-0.15, -0.1) is 11.3 Å². The van der Waals surface area contributed by atoms with Crippen LogP contribution >= 0.6 is 11.3 Å². The van der Waals surface area contributed by atoms with Crippen molar-refractivity contribution in [1.82, 2.24) is 20.1 Å². The molecule has 5 nitrogen and oxygen atoms in total. The number of hydrogen-bond donors (Lipinski definition) is 1. The van der Waals surface area contributed by atoms with E-state index in [9.17, 15) is 9.18 Å². The molecule has 0 aromatic carbocycles. The first-order valence-electron chi connectivity index (χ1n) is 8.42. The Morgan fingerprint density at radius 2 is 2.30 bits per heavy atom. The van der Waals surface area contributed by atoms with Crippen molar-refractivity contribution in [2.75, 3.05) is 39.9 Å². The van der Waals surface area contributed by atoms with E-state index in [4.69, 9.17) is 0 Å². The van der Waals surface area contributed by atoms with Gasteiger partial charge in [-0.25, -0.2) is 9.37 Å². The van der Waals surface area contributed by atoms with Crippen molar-refractivity contribution in [3.8, 4) is 0 Å². The zero-order valence-corrected chi connectivity index (χ0v) is 14.5. The predicted octanol–water partition coefficient (Wildman–Crippen LogP) is 1.68. The Morgan fingerprint density at radius 1 is 1.43 bits per heavy atom. The lowest BCUT2D eigenvalue weighted by atomic mass is 10.1. The highest BCUT2D eigenvalue weighted by atomic mass is 32.1. The Hall–Kier alpha value is -1.05. The van der Waals surface area contributed by atoms with Crippen LogP contribution < -0.4 is 5.32 Å². The molecule has 128 valence electrons. The number of alkyl halides is 1. The van der Waals surface area contributed by atoms with Crippen LogP contribution in [0, 0.1) is 0 Å². The highest BCUT2D eigenvalue weighted by molar-refractivity contribution is 7.13. The molecule has 0 unspecified atom stereocenters. The average molecular weight is 340 g/mol. The number of rotatable bonds is 4. The molecule has 1 N–H and O–H groups in total. The summed E-state index contributed by atoms with van der Waals surface area (Å²) < 4.78 is 12.5. The highest BCUT2D eigenvalue weighted by Gasteiger charge is 2.24. The standard InChI is InChI=1S/C16H25FN4OS/c1-20-7-3-5-13-14(11-20)23-16(19-13)15(22)18-12-4-2-8-21(10-12)9-6-17/h12H,2-11H2,1H3,(H,18,22)/t12-/m0/s1. The number of thiazole rings is 1. The first kappa shape index (κ1) is 16.8. The van der Waals surface area contributed by atoms with Crippen molar-refractivity contribution >= 4 is 17.2 Å². The molecule has 3 rings (SSSR count). The van der Waals surface area contributed by atoms with E-state index in [1.54, 1.807) is 0 Å². The molecule has 1 aromatic heterocycles. The summed E-state index contributed by atoms with van der Waals surface area (Å²) in [6.45, 7) is 3.76. The number of nitrogens with zero attached hydrogens (tertiary/aromatic N) is 3. The molecule has 0 saturated carbocycles. The summed E-state index contributed by atoms with van der Waals surface area (Å²) in [4.78, 5) is 22.6. The number of fused-ring (bicyclic) bond motifs is 1. The second-order valence-electron chi connectivity index (χ2n) is 6.53. The molecule has 1 fully saturated rings. The first-order valence-corrected chi connectivity index (χ1v) is 9.23. The Kier molecular flexibility index (Phi) is 5.61. The topological polar surface area (TPSA) is 48.5 Å². The van der Waals surface area contributed by atoms with Crippen LogP contribution in [0.5, 0.6) is 0 Å². The largest absolute Gasteiger partial charge is 0.346 e. The maximum atomic E-state index is 12.5. The smallest absolute Gasteiger partial charge is 0.280 e. The van der Waals surface area contributed by atoms with E-state index >= 15 is 0 Å². The van der Waals surface area contributed by atoms with Crippen molar-refractivity contribution < 1.29 is 9.18 Å². The third-order valence-electron chi connectivity index (χ3n) is 4.58. The van der Waals surface area contributed by atoms with Gasteiger partial charge in [0.05, 0.1) is 5.69 Å². The number of aromatic nitrogens is 1. The monoisotopic (exact) mass is 340 g/mol. The summed E-state index contributed by atoms with van der Waals surface area (Å²) in [5, 5.41) is 3.67. The summed E-state index contributed by atoms with van der Waals surface area (Å²) in [6.07, 6.45) is 4.01. The van der Waals surface area contributed by atoms with E-state index < -0.39 is 0 Å². The van der Waals surface area contributed by atoms with Crippen LogP contribution in [0.2, 0.25) is 0 Å². The van der Waals surface area contributed by atoms with Gasteiger partial charge in [0.2, 0.25) is 0 Å². The normalized spacial score (nSPS) is 23.3. The zero-order chi connectivity index (χ0) is 16.2. The predicted molar refractivity (Wildman–Crippen MR) is 89.7 cm³/mol. The molecular formula is C16H25FN4OS. The van der Waals surface area contributed by atoms with Gasteiger partial charge in [-0.3, -0.25) is 9.69 Å². The molecule has 0 bridgehead atoms. The molecule has 1 saturated heterocycles. The van der Waals surface area contributed by atoms with Gasteiger partial charge < -0.3 is 10.2 Å². The molecule has 7 heteroatoms. The lowest BCUT2D eigenvalue weighted by Gasteiger charge is -2.32. The highest BCUT2D eigenvalue weighted by Crippen LogP contribution is 2.24. The minimum atomic E-state index is -0.326. The molecular weight excluding hydrogens is 315 g/mol. The SMILES string of the molecule is CN1CCCc2nc(C(=O)N[C@H]3CCCN(CCF)C3)sc2C1. The van der Waals surface area contributed by atoms with E-state index in [1.807, 2.05) is 0 Å². The average Bonchev–Trinajstić information content (AvgIpc) is 2.83. The second-order valence-corrected chi connectivity index (χ2v) is 7.62. The van der Waals surface area contributed by atoms with Gasteiger partial charge in [0.1, 0.15) is 6.67 Å². The van der Waals surface area contributed by atoms with E-state index in [-0.39, 0.29) is 18.6 Å². The molecule has 3 heterocycles. The van der Waals surface area contributed by atoms with Crippen molar-refractivity contribution in [2.45, 2.75) is 38.3 Å². The molecule has 0 spiro atoms. The number of likely N-dealkylation sites (tertiary alicyclic amines) is 1. The molecule has 0 aliphatic carbocycles. The van der Waals surface area contributed by atoms with Crippen molar-refractivity contribution in [1.29, 1.82) is 0 Å². The van der Waals surface area contributed by atoms with Crippen molar-refractivity contribution in [3.05, 3.63) is 15.6 Å². The summed E-state index contributed by atoms with van der Waals surface area (Å²) in [6, 6.07) is 0.106. The number of amides is 1. The Balaban J connectivity index is 1.61. The number of aryl methyl sites for hydroxylation is 1. The van der Waals surface area contributed by atoms with Gasteiger partial charge in [-0.2, -0.15) is 0 Å². The fourth-order valence-corrected chi connectivity index (χ4v) is 4.47. The van der Waals surface area contributed by atoms with Crippen LogP contribution in [0.25, 0.3) is 0 Å². The minimum Gasteiger partial charge on any atom is -0.346 e. The third-order valence-corrected chi connectivity index (χ3v) is 5.66. The molecule has 1 amide bonds. The van der Waals surface area contributed by atoms with E-state index in [1.165, 1.54) is 16.2 Å². The zero-order valence-electron chi connectivity index (χ0n) is 13.7. The number of carbonyl (C=O) groups excluding carboxylic acids is 1. The summed E-state index contributed by atoms with van der Waals surface area (Å²) in [5.41, 5.74) is 1.09. The van der Waals surface area contributed by atoms with Gasteiger partial charge >= 0.3 is 0 Å². The molecule has 1 aromatic rings. The van der Waals surface area contributed by atoms with Gasteiger partial charge in [0.25, 0.3) is 5.91 Å². The van der Waals surface area contributed by atoms with Crippen LogP contribution in [0.1, 0.15) is 39.6 Å². The number of piperidine rings is 1. The van der Waals surface area contributed by atoms with Gasteiger partial charge in [-0.05, 0) is 45.8 Å². The number of nitrogens with one attached hydrogen (secondary N) is 1. The molecule has 2 aliphatic heterocycles. The van der Waals surface area contributed by atoms with Gasteiger partial charge in [-0.1, -0.05) is 0 Å². The quantitative estimate of drug-likeness (QED) is 0.906. The van der Waals surface area contributed by atoms with Crippen LogP contribution in [0.3, 0.4) is 0 Å². The van der Waals surface area contributed by atoms with Gasteiger partial charge in [0.15, 0.2) is 5.01 Å². The van der Waals surface area contributed by atoms with Crippen LogP contribution in [0.15, 0.2) is 0 Å². The van der Waals surface area contributed by atoms with Crippen LogP contribution in [0.4, 0.5) is 4.39 Å². The fourth-order valence-electron chi connectivity index (χ4n) is 3.38. The lowest BCUT2D eigenvalue weighted by Crippen LogP contribution is -2.48. The Labute approximate surface area is 140 Å². The van der Waals surface area contributed by atoms with Crippen molar-refractivity contribution in [3.63, 3.8) is 0 Å². The first-order chi connectivity index (χ1) is 11.2. The molecule has 2 aliphatic rings. The van der Waals surface area contributed by atoms with Crippen LogP contribution in [-0.4, -0.2) is 66.6 Å². The van der Waals surface area contributed by atoms with Gasteiger partial charge in [0, 0.05) is 30.6 Å². The summed E-state index contributed by atoms with van der Waals surface area (Å²) in [5.74, 6) is -0.0715. The maximum Gasteiger partial charge on any atom is 0.280 e. The molecule has 23 heavy (non-hydrogen) atoms. The number of halogens is 1.